The fourth-order valence-corrected chi connectivity index (χ4v) is 1.92. The van der Waals surface area contributed by atoms with Crippen LogP contribution in [0, 0.1) is 0 Å². The molecule has 1 heterocycles. The van der Waals surface area contributed by atoms with Gasteiger partial charge < -0.3 is 20.4 Å². The lowest BCUT2D eigenvalue weighted by atomic mass is 10.2. The third kappa shape index (κ3) is 5.08. The first-order valence-corrected chi connectivity index (χ1v) is 7.21. The lowest BCUT2D eigenvalue weighted by Gasteiger charge is -2.14. The van der Waals surface area contributed by atoms with Crippen molar-refractivity contribution in [3.05, 3.63) is 54.0 Å². The molecule has 0 unspecified atom stereocenters. The molecule has 2 rings (SSSR count). The number of anilines is 1. The number of nitrogens with one attached hydrogen (secondary N) is 3. The van der Waals surface area contributed by atoms with Gasteiger partial charge in [-0.2, -0.15) is 0 Å². The maximum atomic E-state index is 12.6. The van der Waals surface area contributed by atoms with Crippen molar-refractivity contribution in [2.75, 3.05) is 5.32 Å². The van der Waals surface area contributed by atoms with Crippen LogP contribution in [0.15, 0.2) is 47.1 Å². The van der Waals surface area contributed by atoms with Gasteiger partial charge in [-0.05, 0) is 31.2 Å². The quantitative estimate of drug-likeness (QED) is 0.757. The number of hydrogen-bond acceptors (Lipinski definition) is 3. The third-order valence-electron chi connectivity index (χ3n) is 3.15. The molecule has 0 saturated carbocycles. The monoisotopic (exact) mass is 337 g/mol. The molecule has 0 bridgehead atoms. The van der Waals surface area contributed by atoms with E-state index in [2.05, 4.69) is 16.0 Å². The summed E-state index contributed by atoms with van der Waals surface area (Å²) in [6.07, 6.45) is -1.13. The van der Waals surface area contributed by atoms with Crippen molar-refractivity contribution < 1.29 is 22.8 Å². The summed E-state index contributed by atoms with van der Waals surface area (Å²) in [4.78, 5) is 23.7. The van der Waals surface area contributed by atoms with Gasteiger partial charge in [-0.3, -0.25) is 4.79 Å². The van der Waals surface area contributed by atoms with E-state index in [-0.39, 0.29) is 17.8 Å². The van der Waals surface area contributed by atoms with Crippen molar-refractivity contribution >= 4 is 17.6 Å². The summed E-state index contributed by atoms with van der Waals surface area (Å²) in [6.45, 7) is 1.71. The van der Waals surface area contributed by atoms with Crippen molar-refractivity contribution in [1.29, 1.82) is 0 Å². The zero-order chi connectivity index (χ0) is 17.5. The minimum atomic E-state index is -2.62. The number of carbonyl (C=O) groups excluding carboxylic acids is 2. The molecule has 0 aliphatic carbocycles. The van der Waals surface area contributed by atoms with Crippen molar-refractivity contribution in [2.45, 2.75) is 25.9 Å². The Morgan fingerprint density at radius 3 is 2.67 bits per heavy atom. The molecule has 2 aromatic rings. The Labute approximate surface area is 137 Å². The number of alkyl halides is 2. The van der Waals surface area contributed by atoms with E-state index in [4.69, 9.17) is 4.42 Å². The Kier molecular flexibility index (Phi) is 5.89. The Hall–Kier alpha value is -2.90. The maximum Gasteiger partial charge on any atom is 0.319 e. The molecule has 1 atom stereocenters. The van der Waals surface area contributed by atoms with Gasteiger partial charge in [0.2, 0.25) is 5.91 Å². The smallest absolute Gasteiger partial charge is 0.319 e. The van der Waals surface area contributed by atoms with Gasteiger partial charge in [-0.25, -0.2) is 13.6 Å². The van der Waals surface area contributed by atoms with E-state index >= 15 is 0 Å². The molecule has 0 saturated heterocycles. The Balaban J connectivity index is 1.82. The summed E-state index contributed by atoms with van der Waals surface area (Å²) in [5, 5.41) is 7.44. The van der Waals surface area contributed by atoms with Crippen molar-refractivity contribution in [1.82, 2.24) is 10.6 Å². The van der Waals surface area contributed by atoms with Crippen LogP contribution in [0.25, 0.3) is 0 Å². The first kappa shape index (κ1) is 17.5. The Morgan fingerprint density at radius 1 is 1.21 bits per heavy atom. The van der Waals surface area contributed by atoms with E-state index < -0.39 is 24.4 Å². The highest BCUT2D eigenvalue weighted by Crippen LogP contribution is 2.21. The third-order valence-corrected chi connectivity index (χ3v) is 3.15. The number of furan rings is 1. The predicted octanol–water partition coefficient (Wildman–Crippen LogP) is 3.04. The molecule has 128 valence electrons. The first-order chi connectivity index (χ1) is 11.5. The van der Waals surface area contributed by atoms with Crippen LogP contribution in [0.2, 0.25) is 0 Å². The highest BCUT2D eigenvalue weighted by molar-refractivity contribution is 5.93. The average molecular weight is 337 g/mol. The molecule has 6 nitrogen and oxygen atoms in total. The summed E-state index contributed by atoms with van der Waals surface area (Å²) in [7, 11) is 0. The lowest BCUT2D eigenvalue weighted by molar-refractivity contribution is -0.122. The van der Waals surface area contributed by atoms with Crippen LogP contribution >= 0.6 is 0 Å². The number of halogens is 2. The topological polar surface area (TPSA) is 83.4 Å². The van der Waals surface area contributed by atoms with Gasteiger partial charge in [-0.1, -0.05) is 12.1 Å². The van der Waals surface area contributed by atoms with E-state index in [0.717, 1.165) is 0 Å². The highest BCUT2D eigenvalue weighted by Gasteiger charge is 2.16. The van der Waals surface area contributed by atoms with Gasteiger partial charge in [-0.15, -0.1) is 0 Å². The van der Waals surface area contributed by atoms with Crippen LogP contribution < -0.4 is 16.0 Å². The molecule has 0 radical (unpaired) electrons. The van der Waals surface area contributed by atoms with E-state index in [1.54, 1.807) is 12.1 Å². The Bertz CT molecular complexity index is 690. The molecule has 8 heteroatoms. The normalized spacial score (nSPS) is 11.8. The zero-order valence-corrected chi connectivity index (χ0v) is 12.9. The van der Waals surface area contributed by atoms with E-state index in [1.165, 1.54) is 37.5 Å². The molecular formula is C16H17F2N3O3. The average Bonchev–Trinajstić information content (AvgIpc) is 3.06. The van der Waals surface area contributed by atoms with Crippen molar-refractivity contribution in [3.8, 4) is 0 Å². The minimum Gasteiger partial charge on any atom is -0.467 e. The van der Waals surface area contributed by atoms with Gasteiger partial charge in [0.1, 0.15) is 11.8 Å². The van der Waals surface area contributed by atoms with E-state index in [9.17, 15) is 18.4 Å². The van der Waals surface area contributed by atoms with Crippen LogP contribution in [0.5, 0.6) is 0 Å². The largest absolute Gasteiger partial charge is 0.467 e. The Morgan fingerprint density at radius 2 is 2.00 bits per heavy atom. The van der Waals surface area contributed by atoms with Gasteiger partial charge in [0.25, 0.3) is 6.43 Å². The van der Waals surface area contributed by atoms with Crippen LogP contribution in [0.1, 0.15) is 24.7 Å². The van der Waals surface area contributed by atoms with Gasteiger partial charge >= 0.3 is 6.03 Å². The SMILES string of the molecule is C[C@@H](NC(=O)Nc1cccc(C(F)F)c1)C(=O)NCc1ccco1. The molecule has 0 spiro atoms. The fraction of sp³-hybridized carbons (Fsp3) is 0.250. The van der Waals surface area contributed by atoms with E-state index in [1.807, 2.05) is 0 Å². The summed E-state index contributed by atoms with van der Waals surface area (Å²) in [6, 6.07) is 7.26. The molecule has 3 N–H and O–H groups in total. The molecular weight excluding hydrogens is 320 g/mol. The molecule has 24 heavy (non-hydrogen) atoms. The molecule has 1 aromatic carbocycles. The maximum absolute atomic E-state index is 12.6. The number of carbonyl (C=O) groups is 2. The van der Waals surface area contributed by atoms with Gasteiger partial charge in [0.15, 0.2) is 0 Å². The second-order valence-corrected chi connectivity index (χ2v) is 5.04. The number of hydrogen-bond donors (Lipinski definition) is 3. The predicted molar refractivity (Wildman–Crippen MR) is 83.6 cm³/mol. The van der Waals surface area contributed by atoms with E-state index in [0.29, 0.717) is 5.76 Å². The summed E-state index contributed by atoms with van der Waals surface area (Å²) in [5.74, 6) is 0.187. The van der Waals surface area contributed by atoms with Crippen LogP contribution in [0.3, 0.4) is 0 Å². The van der Waals surface area contributed by atoms with Crippen LogP contribution in [0.4, 0.5) is 19.3 Å². The van der Waals surface area contributed by atoms with Crippen molar-refractivity contribution in [3.63, 3.8) is 0 Å². The second kappa shape index (κ2) is 8.09. The lowest BCUT2D eigenvalue weighted by Crippen LogP contribution is -2.46. The summed E-state index contributed by atoms with van der Waals surface area (Å²) in [5.41, 5.74) is 0.0190. The van der Waals surface area contributed by atoms with Gasteiger partial charge in [0, 0.05) is 11.3 Å². The molecule has 0 fully saturated rings. The fourth-order valence-electron chi connectivity index (χ4n) is 1.92. The number of rotatable bonds is 6. The number of amides is 3. The molecule has 1 aromatic heterocycles. The van der Waals surface area contributed by atoms with Crippen molar-refractivity contribution in [2.24, 2.45) is 0 Å². The molecule has 0 aliphatic rings. The zero-order valence-electron chi connectivity index (χ0n) is 12.9. The number of urea groups is 1. The molecule has 0 aliphatic heterocycles. The molecule has 3 amide bonds. The number of benzene rings is 1. The highest BCUT2D eigenvalue weighted by atomic mass is 19.3. The van der Waals surface area contributed by atoms with Crippen LogP contribution in [-0.2, 0) is 11.3 Å². The van der Waals surface area contributed by atoms with Gasteiger partial charge in [0.05, 0.1) is 12.8 Å². The first-order valence-electron chi connectivity index (χ1n) is 7.21. The summed E-state index contributed by atoms with van der Waals surface area (Å²) < 4.78 is 30.3. The standard InChI is InChI=1S/C16H17F2N3O3/c1-10(15(22)19-9-13-6-3-7-24-13)20-16(23)21-12-5-2-4-11(8-12)14(17)18/h2-8,10,14H,9H2,1H3,(H,19,22)(H2,20,21,23)/t10-/m1/s1. The summed E-state index contributed by atoms with van der Waals surface area (Å²) >= 11 is 0. The second-order valence-electron chi connectivity index (χ2n) is 5.04. The van der Waals surface area contributed by atoms with Crippen LogP contribution in [-0.4, -0.2) is 18.0 Å². The minimum absolute atomic E-state index is 0.197.